The van der Waals surface area contributed by atoms with E-state index in [-0.39, 0.29) is 12.0 Å². The minimum Gasteiger partial charge on any atom is -0.497 e. The van der Waals surface area contributed by atoms with E-state index in [9.17, 15) is 9.59 Å². The maximum Gasteiger partial charge on any atom is 0.316 e. The molecule has 0 aliphatic heterocycles. The van der Waals surface area contributed by atoms with Gasteiger partial charge in [-0.2, -0.15) is 0 Å². The van der Waals surface area contributed by atoms with Crippen LogP contribution in [-0.4, -0.2) is 28.9 Å². The summed E-state index contributed by atoms with van der Waals surface area (Å²) in [5, 5.41) is 4.93. The normalized spacial score (nSPS) is 11.4. The van der Waals surface area contributed by atoms with Crippen LogP contribution >= 0.6 is 0 Å². The molecule has 0 fully saturated rings. The molecule has 22 heavy (non-hydrogen) atoms. The van der Waals surface area contributed by atoms with E-state index in [1.54, 1.807) is 32.2 Å². The Bertz CT molecular complexity index is 644. The molecule has 1 unspecified atom stereocenters. The molecule has 7 heteroatoms. The Morgan fingerprint density at radius 2 is 1.73 bits per heavy atom. The molecule has 2 rings (SSSR count). The molecule has 0 aliphatic carbocycles. The van der Waals surface area contributed by atoms with E-state index < -0.39 is 11.8 Å². The number of methoxy groups -OCH3 is 1. The quantitative estimate of drug-likeness (QED) is 0.830. The van der Waals surface area contributed by atoms with Crippen LogP contribution in [0.15, 0.2) is 42.7 Å². The summed E-state index contributed by atoms with van der Waals surface area (Å²) in [6.07, 6.45) is 2.95. The number of hydrogen-bond donors (Lipinski definition) is 2. The maximum atomic E-state index is 11.9. The van der Waals surface area contributed by atoms with Crippen LogP contribution in [0.1, 0.15) is 18.5 Å². The maximum absolute atomic E-state index is 11.9. The van der Waals surface area contributed by atoms with Gasteiger partial charge in [0.05, 0.1) is 13.2 Å². The van der Waals surface area contributed by atoms with Crippen molar-refractivity contribution in [3.63, 3.8) is 0 Å². The lowest BCUT2D eigenvalue weighted by Crippen LogP contribution is -2.37. The van der Waals surface area contributed by atoms with Gasteiger partial charge in [0.25, 0.3) is 0 Å². The number of rotatable bonds is 4. The van der Waals surface area contributed by atoms with Gasteiger partial charge >= 0.3 is 11.8 Å². The third kappa shape index (κ3) is 4.02. The van der Waals surface area contributed by atoms with Crippen molar-refractivity contribution in [2.45, 2.75) is 13.0 Å². The molecule has 1 aromatic heterocycles. The van der Waals surface area contributed by atoms with E-state index in [0.717, 1.165) is 11.3 Å². The summed E-state index contributed by atoms with van der Waals surface area (Å²) >= 11 is 0. The summed E-state index contributed by atoms with van der Waals surface area (Å²) in [6, 6.07) is 8.51. The Morgan fingerprint density at radius 1 is 1.09 bits per heavy atom. The lowest BCUT2D eigenvalue weighted by atomic mass is 10.1. The van der Waals surface area contributed by atoms with Crippen LogP contribution in [0.25, 0.3) is 0 Å². The Hall–Kier alpha value is -2.96. The second-order valence-corrected chi connectivity index (χ2v) is 4.49. The average molecular weight is 300 g/mol. The molecule has 114 valence electrons. The first-order valence-corrected chi connectivity index (χ1v) is 6.63. The highest BCUT2D eigenvalue weighted by Gasteiger charge is 2.18. The summed E-state index contributed by atoms with van der Waals surface area (Å²) in [6.45, 7) is 1.78. The number of anilines is 1. The molecule has 2 N–H and O–H groups in total. The molecule has 1 atom stereocenters. The van der Waals surface area contributed by atoms with Crippen molar-refractivity contribution in [2.24, 2.45) is 0 Å². The first-order valence-electron chi connectivity index (χ1n) is 6.63. The van der Waals surface area contributed by atoms with Crippen LogP contribution in [0, 0.1) is 0 Å². The highest BCUT2D eigenvalue weighted by molar-refractivity contribution is 6.39. The fourth-order valence-corrected chi connectivity index (χ4v) is 1.76. The molecule has 2 amide bonds. The highest BCUT2D eigenvalue weighted by Crippen LogP contribution is 2.17. The van der Waals surface area contributed by atoms with Gasteiger partial charge < -0.3 is 10.1 Å². The van der Waals surface area contributed by atoms with E-state index >= 15 is 0 Å². The molecule has 7 nitrogen and oxygen atoms in total. The van der Waals surface area contributed by atoms with Gasteiger partial charge in [-0.15, -0.1) is 0 Å². The number of nitrogens with one attached hydrogen (secondary N) is 2. The van der Waals surface area contributed by atoms with Crippen molar-refractivity contribution in [1.82, 2.24) is 15.3 Å². The SMILES string of the molecule is COc1ccc(C(C)NC(=O)C(=O)Nc2ncccn2)cc1. The van der Waals surface area contributed by atoms with Crippen LogP contribution in [0.2, 0.25) is 0 Å². The number of carbonyl (C=O) groups is 2. The van der Waals surface area contributed by atoms with Crippen molar-refractivity contribution >= 4 is 17.8 Å². The molecule has 2 aromatic rings. The number of amides is 2. The zero-order chi connectivity index (χ0) is 15.9. The lowest BCUT2D eigenvalue weighted by molar-refractivity contribution is -0.136. The summed E-state index contributed by atoms with van der Waals surface area (Å²) in [5.41, 5.74) is 0.859. The predicted molar refractivity (Wildman–Crippen MR) is 80.2 cm³/mol. The number of hydrogen-bond acceptors (Lipinski definition) is 5. The van der Waals surface area contributed by atoms with Crippen LogP contribution < -0.4 is 15.4 Å². The van der Waals surface area contributed by atoms with E-state index in [2.05, 4.69) is 20.6 Å². The predicted octanol–water partition coefficient (Wildman–Crippen LogP) is 1.30. The van der Waals surface area contributed by atoms with E-state index in [4.69, 9.17) is 4.74 Å². The fourth-order valence-electron chi connectivity index (χ4n) is 1.76. The Balaban J connectivity index is 1.93. The number of benzene rings is 1. The molecule has 0 saturated carbocycles. The zero-order valence-electron chi connectivity index (χ0n) is 12.2. The number of carbonyl (C=O) groups excluding carboxylic acids is 2. The van der Waals surface area contributed by atoms with E-state index in [0.29, 0.717) is 0 Å². The zero-order valence-corrected chi connectivity index (χ0v) is 12.2. The standard InChI is InChI=1S/C15H16N4O3/c1-10(11-4-6-12(22-2)7-5-11)18-13(20)14(21)19-15-16-8-3-9-17-15/h3-10H,1-2H3,(H,18,20)(H,16,17,19,21). The fraction of sp³-hybridized carbons (Fsp3) is 0.200. The van der Waals surface area contributed by atoms with Gasteiger partial charge in [0.2, 0.25) is 5.95 Å². The van der Waals surface area contributed by atoms with E-state index in [1.807, 2.05) is 12.1 Å². The van der Waals surface area contributed by atoms with Gasteiger partial charge in [-0.05, 0) is 30.7 Å². The van der Waals surface area contributed by atoms with Crippen molar-refractivity contribution in [3.8, 4) is 5.75 Å². The number of nitrogens with zero attached hydrogens (tertiary/aromatic N) is 2. The molecular formula is C15H16N4O3. The molecule has 0 spiro atoms. The average Bonchev–Trinajstić information content (AvgIpc) is 2.55. The summed E-state index contributed by atoms with van der Waals surface area (Å²) in [4.78, 5) is 31.2. The molecule has 0 radical (unpaired) electrons. The summed E-state index contributed by atoms with van der Waals surface area (Å²) in [7, 11) is 1.58. The Morgan fingerprint density at radius 3 is 2.32 bits per heavy atom. The van der Waals surface area contributed by atoms with Crippen molar-refractivity contribution < 1.29 is 14.3 Å². The smallest absolute Gasteiger partial charge is 0.316 e. The van der Waals surface area contributed by atoms with Gasteiger partial charge in [-0.1, -0.05) is 12.1 Å². The highest BCUT2D eigenvalue weighted by atomic mass is 16.5. The lowest BCUT2D eigenvalue weighted by Gasteiger charge is -2.14. The Kier molecular flexibility index (Phi) is 5.02. The first kappa shape index (κ1) is 15.4. The molecule has 1 aromatic carbocycles. The van der Waals surface area contributed by atoms with Crippen molar-refractivity contribution in [2.75, 3.05) is 12.4 Å². The minimum atomic E-state index is -0.813. The number of ether oxygens (including phenoxy) is 1. The van der Waals surface area contributed by atoms with Gasteiger partial charge in [0.15, 0.2) is 0 Å². The molecule has 0 aliphatic rings. The molecule has 0 saturated heterocycles. The van der Waals surface area contributed by atoms with Crippen LogP contribution in [0.4, 0.5) is 5.95 Å². The summed E-state index contributed by atoms with van der Waals surface area (Å²) < 4.78 is 5.07. The molecule has 1 heterocycles. The first-order chi connectivity index (χ1) is 10.6. The largest absolute Gasteiger partial charge is 0.497 e. The van der Waals surface area contributed by atoms with Gasteiger partial charge in [-0.25, -0.2) is 9.97 Å². The van der Waals surface area contributed by atoms with Crippen LogP contribution in [0.3, 0.4) is 0 Å². The monoisotopic (exact) mass is 300 g/mol. The molecule has 0 bridgehead atoms. The second kappa shape index (κ2) is 7.16. The Labute approximate surface area is 127 Å². The number of aromatic nitrogens is 2. The van der Waals surface area contributed by atoms with Crippen LogP contribution in [0.5, 0.6) is 5.75 Å². The van der Waals surface area contributed by atoms with Gasteiger partial charge in [0, 0.05) is 12.4 Å². The summed E-state index contributed by atoms with van der Waals surface area (Å²) in [5.74, 6) is -0.761. The topological polar surface area (TPSA) is 93.2 Å². The van der Waals surface area contributed by atoms with Gasteiger partial charge in [-0.3, -0.25) is 14.9 Å². The second-order valence-electron chi connectivity index (χ2n) is 4.49. The van der Waals surface area contributed by atoms with Gasteiger partial charge in [0.1, 0.15) is 5.75 Å². The van der Waals surface area contributed by atoms with E-state index in [1.165, 1.54) is 12.4 Å². The molecular weight excluding hydrogens is 284 g/mol. The van der Waals surface area contributed by atoms with Crippen LogP contribution in [-0.2, 0) is 9.59 Å². The third-order valence-corrected chi connectivity index (χ3v) is 2.96. The van der Waals surface area contributed by atoms with Crippen molar-refractivity contribution in [1.29, 1.82) is 0 Å². The van der Waals surface area contributed by atoms with Crippen molar-refractivity contribution in [3.05, 3.63) is 48.3 Å². The minimum absolute atomic E-state index is 0.0831. The third-order valence-electron chi connectivity index (χ3n) is 2.96.